The lowest BCUT2D eigenvalue weighted by atomic mass is 10.1. The summed E-state index contributed by atoms with van der Waals surface area (Å²) >= 11 is 0. The number of hydrogen-bond acceptors (Lipinski definition) is 2. The second-order valence-corrected chi connectivity index (χ2v) is 5.34. The molecule has 0 aliphatic heterocycles. The molecule has 0 radical (unpaired) electrons. The Kier molecular flexibility index (Phi) is 4.04. The summed E-state index contributed by atoms with van der Waals surface area (Å²) < 4.78 is 2.06. The molecule has 0 bridgehead atoms. The van der Waals surface area contributed by atoms with Crippen molar-refractivity contribution in [2.45, 2.75) is 12.6 Å². The molecule has 3 heteroatoms. The molecule has 3 nitrogen and oxygen atoms in total. The summed E-state index contributed by atoms with van der Waals surface area (Å²) in [5.41, 5.74) is 3.35. The third-order valence-electron chi connectivity index (χ3n) is 3.80. The Balaban J connectivity index is 1.68. The molecule has 1 aromatic heterocycles. The van der Waals surface area contributed by atoms with Gasteiger partial charge in [0.15, 0.2) is 0 Å². The van der Waals surface area contributed by atoms with Gasteiger partial charge in [0.25, 0.3) is 0 Å². The number of aromatic nitrogens is 1. The molecule has 3 rings (SSSR count). The molecule has 0 aliphatic carbocycles. The number of fused-ring (bicyclic) bond motifs is 1. The number of benzene rings is 2. The lowest BCUT2D eigenvalue weighted by Crippen LogP contribution is -2.20. The molecule has 1 atom stereocenters. The summed E-state index contributed by atoms with van der Waals surface area (Å²) in [5.74, 6) is 0. The molecular formula is C18H20N2O. The molecule has 2 N–H and O–H groups in total. The van der Waals surface area contributed by atoms with Crippen LogP contribution in [-0.4, -0.2) is 16.2 Å². The summed E-state index contributed by atoms with van der Waals surface area (Å²) in [6.07, 6.45) is 1.51. The summed E-state index contributed by atoms with van der Waals surface area (Å²) in [7, 11) is 2.01. The van der Waals surface area contributed by atoms with Gasteiger partial charge in [0, 0.05) is 42.8 Å². The van der Waals surface area contributed by atoms with E-state index in [2.05, 4.69) is 34.1 Å². The molecule has 3 aromatic rings. The number of nitrogens with zero attached hydrogens (tertiary/aromatic N) is 1. The van der Waals surface area contributed by atoms with E-state index in [0.717, 1.165) is 23.0 Å². The highest BCUT2D eigenvalue weighted by atomic mass is 16.3. The van der Waals surface area contributed by atoms with E-state index in [1.54, 1.807) is 0 Å². The van der Waals surface area contributed by atoms with Crippen molar-refractivity contribution in [3.05, 3.63) is 71.9 Å². The lowest BCUT2D eigenvalue weighted by Gasteiger charge is -2.11. The fraction of sp³-hybridized carbons (Fsp3) is 0.222. The molecule has 0 spiro atoms. The summed E-state index contributed by atoms with van der Waals surface area (Å²) in [4.78, 5) is 0. The van der Waals surface area contributed by atoms with Gasteiger partial charge in [-0.3, -0.25) is 0 Å². The minimum atomic E-state index is -0.500. The zero-order valence-corrected chi connectivity index (χ0v) is 12.2. The van der Waals surface area contributed by atoms with Crippen LogP contribution in [0.2, 0.25) is 0 Å². The maximum Gasteiger partial charge on any atom is 0.0935 e. The van der Waals surface area contributed by atoms with Crippen molar-refractivity contribution in [1.82, 2.24) is 9.88 Å². The van der Waals surface area contributed by atoms with Gasteiger partial charge in [-0.25, -0.2) is 0 Å². The van der Waals surface area contributed by atoms with Crippen LogP contribution in [0.1, 0.15) is 17.2 Å². The van der Waals surface area contributed by atoms with Gasteiger partial charge in [0.05, 0.1) is 6.10 Å². The van der Waals surface area contributed by atoms with Gasteiger partial charge in [-0.1, -0.05) is 48.5 Å². The number of aliphatic hydroxyl groups excluding tert-OH is 1. The van der Waals surface area contributed by atoms with Crippen LogP contribution >= 0.6 is 0 Å². The van der Waals surface area contributed by atoms with E-state index in [-0.39, 0.29) is 0 Å². The van der Waals surface area contributed by atoms with Gasteiger partial charge < -0.3 is 15.0 Å². The highest BCUT2D eigenvalue weighted by Gasteiger charge is 2.13. The Morgan fingerprint density at radius 2 is 1.76 bits per heavy atom. The van der Waals surface area contributed by atoms with Crippen molar-refractivity contribution in [2.75, 3.05) is 6.54 Å². The standard InChI is InChI=1S/C18H20N2O/c1-20-13-16(15-9-5-6-10-17(15)20)18(21)12-19-11-14-7-3-2-4-8-14/h2-10,13,18-19,21H,11-12H2,1H3. The number of para-hydroxylation sites is 1. The minimum absolute atomic E-state index is 0.500. The molecular weight excluding hydrogens is 260 g/mol. The average molecular weight is 280 g/mol. The van der Waals surface area contributed by atoms with Crippen molar-refractivity contribution in [3.8, 4) is 0 Å². The van der Waals surface area contributed by atoms with Crippen molar-refractivity contribution in [2.24, 2.45) is 7.05 Å². The highest BCUT2D eigenvalue weighted by Crippen LogP contribution is 2.25. The van der Waals surface area contributed by atoms with Crippen LogP contribution in [0.4, 0.5) is 0 Å². The van der Waals surface area contributed by atoms with E-state index in [1.807, 2.05) is 43.6 Å². The molecule has 0 amide bonds. The number of hydrogen-bond donors (Lipinski definition) is 2. The fourth-order valence-corrected chi connectivity index (χ4v) is 2.70. The Hall–Kier alpha value is -2.10. The molecule has 21 heavy (non-hydrogen) atoms. The van der Waals surface area contributed by atoms with Crippen molar-refractivity contribution in [1.29, 1.82) is 0 Å². The molecule has 108 valence electrons. The SMILES string of the molecule is Cn1cc(C(O)CNCc2ccccc2)c2ccccc21. The predicted octanol–water partition coefficient (Wildman–Crippen LogP) is 3.00. The van der Waals surface area contributed by atoms with E-state index >= 15 is 0 Å². The number of nitrogens with one attached hydrogen (secondary N) is 1. The topological polar surface area (TPSA) is 37.2 Å². The molecule has 1 unspecified atom stereocenters. The van der Waals surface area contributed by atoms with Crippen LogP contribution in [0, 0.1) is 0 Å². The second kappa shape index (κ2) is 6.12. The smallest absolute Gasteiger partial charge is 0.0935 e. The van der Waals surface area contributed by atoms with Crippen molar-refractivity contribution >= 4 is 10.9 Å². The third-order valence-corrected chi connectivity index (χ3v) is 3.80. The molecule has 2 aromatic carbocycles. The van der Waals surface area contributed by atoms with Crippen LogP contribution in [0.3, 0.4) is 0 Å². The zero-order valence-electron chi connectivity index (χ0n) is 12.2. The summed E-state index contributed by atoms with van der Waals surface area (Å²) in [6, 6.07) is 18.4. The van der Waals surface area contributed by atoms with E-state index in [0.29, 0.717) is 6.54 Å². The number of aryl methyl sites for hydroxylation is 1. The fourth-order valence-electron chi connectivity index (χ4n) is 2.70. The van der Waals surface area contributed by atoms with Gasteiger partial charge in [-0.2, -0.15) is 0 Å². The van der Waals surface area contributed by atoms with Crippen molar-refractivity contribution < 1.29 is 5.11 Å². The number of rotatable bonds is 5. The highest BCUT2D eigenvalue weighted by molar-refractivity contribution is 5.84. The largest absolute Gasteiger partial charge is 0.387 e. The Bertz CT molecular complexity index is 718. The van der Waals surface area contributed by atoms with Crippen LogP contribution in [0.15, 0.2) is 60.8 Å². The van der Waals surface area contributed by atoms with E-state index in [9.17, 15) is 5.11 Å². The Morgan fingerprint density at radius 1 is 1.05 bits per heavy atom. The van der Waals surface area contributed by atoms with E-state index < -0.39 is 6.10 Å². The first-order chi connectivity index (χ1) is 10.3. The quantitative estimate of drug-likeness (QED) is 0.754. The van der Waals surface area contributed by atoms with Crippen LogP contribution in [0.5, 0.6) is 0 Å². The first kappa shape index (κ1) is 13.9. The maximum absolute atomic E-state index is 10.4. The molecule has 0 saturated carbocycles. The normalized spacial score (nSPS) is 12.7. The molecule has 0 fully saturated rings. The lowest BCUT2D eigenvalue weighted by molar-refractivity contribution is 0.175. The van der Waals surface area contributed by atoms with E-state index in [1.165, 1.54) is 5.56 Å². The van der Waals surface area contributed by atoms with Gasteiger partial charge in [0.1, 0.15) is 0 Å². The molecule has 1 heterocycles. The Morgan fingerprint density at radius 3 is 2.57 bits per heavy atom. The minimum Gasteiger partial charge on any atom is -0.387 e. The van der Waals surface area contributed by atoms with Crippen molar-refractivity contribution in [3.63, 3.8) is 0 Å². The van der Waals surface area contributed by atoms with Gasteiger partial charge in [-0.05, 0) is 11.6 Å². The van der Waals surface area contributed by atoms with Crippen LogP contribution in [-0.2, 0) is 13.6 Å². The van der Waals surface area contributed by atoms with Gasteiger partial charge >= 0.3 is 0 Å². The van der Waals surface area contributed by atoms with Crippen LogP contribution in [0.25, 0.3) is 10.9 Å². The first-order valence-corrected chi connectivity index (χ1v) is 7.22. The Labute approximate surface area is 124 Å². The first-order valence-electron chi connectivity index (χ1n) is 7.22. The number of aliphatic hydroxyl groups is 1. The average Bonchev–Trinajstić information content (AvgIpc) is 2.86. The maximum atomic E-state index is 10.4. The molecule has 0 saturated heterocycles. The monoisotopic (exact) mass is 280 g/mol. The van der Waals surface area contributed by atoms with Gasteiger partial charge in [-0.15, -0.1) is 0 Å². The summed E-state index contributed by atoms with van der Waals surface area (Å²) in [6.45, 7) is 1.31. The zero-order chi connectivity index (χ0) is 14.7. The second-order valence-electron chi connectivity index (χ2n) is 5.34. The summed E-state index contributed by atoms with van der Waals surface area (Å²) in [5, 5.41) is 14.9. The predicted molar refractivity (Wildman–Crippen MR) is 86.0 cm³/mol. The van der Waals surface area contributed by atoms with Crippen LogP contribution < -0.4 is 5.32 Å². The van der Waals surface area contributed by atoms with E-state index in [4.69, 9.17) is 0 Å². The molecule has 0 aliphatic rings. The third kappa shape index (κ3) is 2.99. The van der Waals surface area contributed by atoms with Gasteiger partial charge in [0.2, 0.25) is 0 Å².